The summed E-state index contributed by atoms with van der Waals surface area (Å²) in [6, 6.07) is 6.32. The molecule has 8 nitrogen and oxygen atoms in total. The minimum atomic E-state index is -0.443. The Bertz CT molecular complexity index is 1610. The molecule has 0 N–H and O–H groups in total. The Morgan fingerprint density at radius 1 is 1.16 bits per heavy atom. The smallest absolute Gasteiger partial charge is 0.319 e. The molecule has 2 saturated heterocycles. The summed E-state index contributed by atoms with van der Waals surface area (Å²) in [6.07, 6.45) is 4.98. The van der Waals surface area contributed by atoms with Crippen LogP contribution in [-0.4, -0.2) is 89.9 Å². The van der Waals surface area contributed by atoms with E-state index in [0.29, 0.717) is 65.4 Å². The number of benzene rings is 2. The van der Waals surface area contributed by atoms with Crippen molar-refractivity contribution in [2.24, 2.45) is 0 Å². The number of likely N-dealkylation sites (tertiary alicyclic amines) is 1. The Morgan fingerprint density at radius 2 is 2.02 bits per heavy atom. The fourth-order valence-electron chi connectivity index (χ4n) is 6.38. The molecule has 3 aliphatic rings. The number of amides is 1. The molecular formula is C32H34F2N6O2S. The summed E-state index contributed by atoms with van der Waals surface area (Å²) in [5.74, 6) is 0.400. The molecule has 2 aromatic carbocycles. The van der Waals surface area contributed by atoms with Gasteiger partial charge in [-0.15, -0.1) is 11.8 Å². The minimum absolute atomic E-state index is 0.128. The molecule has 1 aromatic heterocycles. The lowest BCUT2D eigenvalue weighted by Crippen LogP contribution is -2.56. The number of aromatic nitrogens is 2. The van der Waals surface area contributed by atoms with Crippen LogP contribution in [0.15, 0.2) is 41.8 Å². The minimum Gasteiger partial charge on any atom is -0.462 e. The van der Waals surface area contributed by atoms with Gasteiger partial charge in [0.1, 0.15) is 30.1 Å². The molecule has 224 valence electrons. The van der Waals surface area contributed by atoms with Crippen molar-refractivity contribution in [2.45, 2.75) is 42.7 Å². The van der Waals surface area contributed by atoms with E-state index in [4.69, 9.17) is 21.3 Å². The second-order valence-corrected chi connectivity index (χ2v) is 12.4. The van der Waals surface area contributed by atoms with Crippen LogP contribution in [0.2, 0.25) is 0 Å². The van der Waals surface area contributed by atoms with E-state index < -0.39 is 5.82 Å². The Labute approximate surface area is 254 Å². The van der Waals surface area contributed by atoms with Crippen LogP contribution >= 0.6 is 11.8 Å². The number of nitrogens with zero attached hydrogens (tertiary/aromatic N) is 6. The van der Waals surface area contributed by atoms with Crippen LogP contribution in [0.3, 0.4) is 0 Å². The molecule has 0 spiro atoms. The van der Waals surface area contributed by atoms with E-state index in [1.165, 1.54) is 30.0 Å². The van der Waals surface area contributed by atoms with Gasteiger partial charge in [-0.2, -0.15) is 9.97 Å². The second kappa shape index (κ2) is 12.5. The Kier molecular flexibility index (Phi) is 8.50. The number of fused-ring (bicyclic) bond motifs is 2. The number of carbonyl (C=O) groups excluding carboxylic acids is 1. The molecule has 2 atom stereocenters. The van der Waals surface area contributed by atoms with Gasteiger partial charge >= 0.3 is 6.01 Å². The monoisotopic (exact) mass is 604 g/mol. The molecule has 4 heterocycles. The van der Waals surface area contributed by atoms with Crippen LogP contribution in [0.5, 0.6) is 6.01 Å². The third-order valence-corrected chi connectivity index (χ3v) is 9.91. The first-order chi connectivity index (χ1) is 20.9. The zero-order valence-corrected chi connectivity index (χ0v) is 25.0. The molecule has 0 radical (unpaired) electrons. The van der Waals surface area contributed by atoms with Crippen molar-refractivity contribution in [1.82, 2.24) is 19.8 Å². The standard InChI is InChI=1S/C32H34F2N6O2S/c1-4-29(41)40-13-12-39(18-21(40)17-35-2)31-25-15-27(34)24(22-9-10-26(33)30-23(22)8-6-14-43-30)16-28(25)36-32(37-31)42-19-20-7-5-11-38(20)3/h4,9-10,15-16,20-21H,1,5-8,11-14,17-19H2,3H3/t20-,21-/m0/s1. The van der Waals surface area contributed by atoms with Gasteiger partial charge < -0.3 is 24.3 Å². The Hall–Kier alpha value is -3.75. The van der Waals surface area contributed by atoms with Crippen LogP contribution in [0.1, 0.15) is 24.8 Å². The number of likely N-dealkylation sites (N-methyl/N-ethyl adjacent to an activating group) is 1. The highest BCUT2D eigenvalue weighted by Gasteiger charge is 2.33. The fourth-order valence-corrected chi connectivity index (χ4v) is 7.47. The van der Waals surface area contributed by atoms with Gasteiger partial charge in [0.05, 0.1) is 5.52 Å². The maximum absolute atomic E-state index is 16.0. The summed E-state index contributed by atoms with van der Waals surface area (Å²) in [4.78, 5) is 32.1. The zero-order valence-electron chi connectivity index (χ0n) is 24.2. The van der Waals surface area contributed by atoms with Gasteiger partial charge in [-0.25, -0.2) is 15.4 Å². The number of hydrogen-bond acceptors (Lipinski definition) is 7. The molecule has 6 rings (SSSR count). The summed E-state index contributed by atoms with van der Waals surface area (Å²) in [6.45, 7) is 13.8. The summed E-state index contributed by atoms with van der Waals surface area (Å²) in [5.41, 5.74) is 2.38. The first kappa shape index (κ1) is 29.3. The lowest BCUT2D eigenvalue weighted by molar-refractivity contribution is -0.128. The van der Waals surface area contributed by atoms with Crippen LogP contribution in [0.25, 0.3) is 26.9 Å². The number of rotatable bonds is 7. The number of halogens is 2. The van der Waals surface area contributed by atoms with E-state index in [1.54, 1.807) is 17.0 Å². The zero-order chi connectivity index (χ0) is 30.1. The van der Waals surface area contributed by atoms with Crippen molar-refractivity contribution in [3.8, 4) is 17.1 Å². The fraction of sp³-hybridized carbons (Fsp3) is 0.438. The van der Waals surface area contributed by atoms with E-state index in [2.05, 4.69) is 23.4 Å². The van der Waals surface area contributed by atoms with E-state index >= 15 is 4.39 Å². The van der Waals surface area contributed by atoms with Crippen molar-refractivity contribution >= 4 is 34.4 Å². The third-order valence-electron chi connectivity index (χ3n) is 8.68. The van der Waals surface area contributed by atoms with Gasteiger partial charge in [-0.05, 0) is 80.4 Å². The molecule has 43 heavy (non-hydrogen) atoms. The lowest BCUT2D eigenvalue weighted by Gasteiger charge is -2.39. The van der Waals surface area contributed by atoms with E-state index in [0.717, 1.165) is 37.1 Å². The first-order valence-corrected chi connectivity index (χ1v) is 15.7. The lowest BCUT2D eigenvalue weighted by atomic mass is 9.95. The van der Waals surface area contributed by atoms with Crippen LogP contribution < -0.4 is 9.64 Å². The first-order valence-electron chi connectivity index (χ1n) is 14.7. The van der Waals surface area contributed by atoms with Crippen LogP contribution in [0, 0.1) is 18.2 Å². The van der Waals surface area contributed by atoms with Crippen LogP contribution in [-0.2, 0) is 11.2 Å². The molecule has 1 amide bonds. The molecule has 0 bridgehead atoms. The topological polar surface area (TPSA) is 66.2 Å². The van der Waals surface area contributed by atoms with Gasteiger partial charge in [0.25, 0.3) is 0 Å². The third kappa shape index (κ3) is 5.78. The van der Waals surface area contributed by atoms with E-state index in [9.17, 15) is 9.18 Å². The molecule has 0 saturated carbocycles. The largest absolute Gasteiger partial charge is 0.462 e. The molecule has 0 unspecified atom stereocenters. The summed E-state index contributed by atoms with van der Waals surface area (Å²) in [7, 11) is 2.08. The number of piperazine rings is 1. The molecule has 11 heteroatoms. The van der Waals surface area contributed by atoms with E-state index in [1.807, 2.05) is 4.90 Å². The van der Waals surface area contributed by atoms with Gasteiger partial charge in [-0.3, -0.25) is 4.79 Å². The molecular weight excluding hydrogens is 570 g/mol. The van der Waals surface area contributed by atoms with Crippen molar-refractivity contribution in [3.63, 3.8) is 0 Å². The van der Waals surface area contributed by atoms with Crippen molar-refractivity contribution < 1.29 is 18.3 Å². The van der Waals surface area contributed by atoms with Crippen molar-refractivity contribution in [2.75, 3.05) is 57.0 Å². The van der Waals surface area contributed by atoms with Gasteiger partial charge in [0, 0.05) is 41.5 Å². The van der Waals surface area contributed by atoms with Crippen molar-refractivity contribution in [3.05, 3.63) is 65.5 Å². The average molecular weight is 605 g/mol. The van der Waals surface area contributed by atoms with E-state index in [-0.39, 0.29) is 36.4 Å². The molecule has 3 aliphatic heterocycles. The highest BCUT2D eigenvalue weighted by Crippen LogP contribution is 2.41. The van der Waals surface area contributed by atoms with Gasteiger partial charge in [-0.1, -0.05) is 12.6 Å². The normalized spacial score (nSPS) is 20.6. The van der Waals surface area contributed by atoms with Crippen LogP contribution in [0.4, 0.5) is 14.6 Å². The number of ether oxygens (including phenoxy) is 1. The number of carbonyl (C=O) groups is 1. The number of thioether (sulfide) groups is 1. The molecule has 0 aliphatic carbocycles. The van der Waals surface area contributed by atoms with Gasteiger partial charge in [0.15, 0.2) is 0 Å². The SMILES string of the molecule is [C-]#[N+]C[C@H]1CN(c2nc(OC[C@@H]3CCCN3C)nc3cc(-c4ccc(F)c5c4CCCS5)c(F)cc23)CCN1C(=O)C=C. The second-order valence-electron chi connectivity index (χ2n) is 11.3. The predicted molar refractivity (Wildman–Crippen MR) is 164 cm³/mol. The summed E-state index contributed by atoms with van der Waals surface area (Å²) < 4.78 is 36.8. The Morgan fingerprint density at radius 3 is 2.79 bits per heavy atom. The van der Waals surface area contributed by atoms with Gasteiger partial charge in [0.2, 0.25) is 12.5 Å². The summed E-state index contributed by atoms with van der Waals surface area (Å²) in [5, 5.41) is 0.516. The molecule has 3 aromatic rings. The highest BCUT2D eigenvalue weighted by molar-refractivity contribution is 7.99. The number of anilines is 1. The maximum Gasteiger partial charge on any atom is 0.319 e. The number of hydrogen-bond donors (Lipinski definition) is 0. The molecule has 2 fully saturated rings. The average Bonchev–Trinajstić information content (AvgIpc) is 3.44. The maximum atomic E-state index is 16.0. The summed E-state index contributed by atoms with van der Waals surface area (Å²) >= 11 is 1.48. The predicted octanol–water partition coefficient (Wildman–Crippen LogP) is 5.21. The quantitative estimate of drug-likeness (QED) is 0.271. The Balaban J connectivity index is 1.43. The van der Waals surface area contributed by atoms with Crippen molar-refractivity contribution in [1.29, 1.82) is 0 Å². The highest BCUT2D eigenvalue weighted by atomic mass is 32.2.